The minimum absolute atomic E-state index is 0.0132. The molecule has 3 N–H and O–H groups in total. The quantitative estimate of drug-likeness (QED) is 0.826. The van der Waals surface area contributed by atoms with Gasteiger partial charge in [-0.3, -0.25) is 9.69 Å². The minimum Gasteiger partial charge on any atom is -0.397 e. The van der Waals surface area contributed by atoms with Crippen LogP contribution in [0.3, 0.4) is 0 Å². The minimum atomic E-state index is 0.0132. The molecule has 0 unspecified atom stereocenters. The summed E-state index contributed by atoms with van der Waals surface area (Å²) in [5.74, 6) is 0.0132. The van der Waals surface area contributed by atoms with E-state index in [0.717, 1.165) is 37.2 Å². The first-order valence-electron chi connectivity index (χ1n) is 7.51. The second-order valence-corrected chi connectivity index (χ2v) is 6.06. The van der Waals surface area contributed by atoms with Crippen LogP contribution in [0.15, 0.2) is 18.2 Å². The van der Waals surface area contributed by atoms with Gasteiger partial charge in [0.2, 0.25) is 5.91 Å². The molecule has 116 valence electrons. The molecule has 5 heteroatoms. The number of carbonyl (C=O) groups excluding carboxylic acids is 1. The summed E-state index contributed by atoms with van der Waals surface area (Å²) in [6.07, 6.45) is 2.24. The topological polar surface area (TPSA) is 61.6 Å². The van der Waals surface area contributed by atoms with Gasteiger partial charge in [-0.15, -0.1) is 0 Å². The number of benzene rings is 1. The average molecular weight is 290 g/mol. The number of nitrogens with zero attached hydrogens (tertiary/aromatic N) is 2. The molecule has 0 spiro atoms. The van der Waals surface area contributed by atoms with Crippen LogP contribution in [0, 0.1) is 6.92 Å². The monoisotopic (exact) mass is 290 g/mol. The van der Waals surface area contributed by atoms with Crippen LogP contribution in [0.1, 0.15) is 18.4 Å². The highest BCUT2D eigenvalue weighted by Crippen LogP contribution is 2.22. The number of piperidine rings is 1. The molecule has 1 fully saturated rings. The maximum absolute atomic E-state index is 12.2. The van der Waals surface area contributed by atoms with Gasteiger partial charge in [0.15, 0.2) is 0 Å². The predicted octanol–water partition coefficient (Wildman–Crippen LogP) is 1.54. The van der Waals surface area contributed by atoms with Crippen molar-refractivity contribution in [1.82, 2.24) is 9.80 Å². The second kappa shape index (κ2) is 6.91. The molecular weight excluding hydrogens is 264 g/mol. The van der Waals surface area contributed by atoms with E-state index in [1.165, 1.54) is 0 Å². The van der Waals surface area contributed by atoms with E-state index in [1.54, 1.807) is 0 Å². The number of carbonyl (C=O) groups is 1. The molecule has 2 rings (SSSR count). The van der Waals surface area contributed by atoms with Crippen molar-refractivity contribution in [2.24, 2.45) is 0 Å². The molecule has 1 saturated heterocycles. The molecule has 1 aliphatic rings. The Morgan fingerprint density at radius 3 is 2.62 bits per heavy atom. The van der Waals surface area contributed by atoms with Crippen molar-refractivity contribution in [2.45, 2.75) is 25.8 Å². The van der Waals surface area contributed by atoms with Crippen LogP contribution in [-0.4, -0.2) is 55.5 Å². The zero-order chi connectivity index (χ0) is 15.4. The number of rotatable bonds is 4. The van der Waals surface area contributed by atoms with E-state index >= 15 is 0 Å². The summed E-state index contributed by atoms with van der Waals surface area (Å²) < 4.78 is 0. The van der Waals surface area contributed by atoms with Crippen molar-refractivity contribution in [3.63, 3.8) is 0 Å². The number of aryl methyl sites for hydroxylation is 1. The number of nitrogens with two attached hydrogens (primary N) is 1. The Morgan fingerprint density at radius 1 is 1.38 bits per heavy atom. The summed E-state index contributed by atoms with van der Waals surface area (Å²) >= 11 is 0. The fourth-order valence-corrected chi connectivity index (χ4v) is 2.84. The number of likely N-dealkylation sites (tertiary alicyclic amines) is 1. The van der Waals surface area contributed by atoms with E-state index in [0.29, 0.717) is 18.3 Å². The zero-order valence-corrected chi connectivity index (χ0v) is 13.2. The molecule has 1 amide bonds. The van der Waals surface area contributed by atoms with E-state index < -0.39 is 0 Å². The normalized spacial score (nSPS) is 17.1. The van der Waals surface area contributed by atoms with Crippen molar-refractivity contribution in [3.05, 3.63) is 23.8 Å². The smallest absolute Gasteiger partial charge is 0.238 e. The molecule has 0 aliphatic carbocycles. The number of nitrogen functional groups attached to an aromatic ring is 1. The maximum Gasteiger partial charge on any atom is 0.238 e. The molecule has 0 radical (unpaired) electrons. The van der Waals surface area contributed by atoms with Gasteiger partial charge in [-0.1, -0.05) is 12.1 Å². The molecule has 1 heterocycles. The Bertz CT molecular complexity index is 473. The van der Waals surface area contributed by atoms with Crippen LogP contribution in [-0.2, 0) is 4.79 Å². The van der Waals surface area contributed by atoms with Gasteiger partial charge < -0.3 is 16.0 Å². The van der Waals surface area contributed by atoms with E-state index in [9.17, 15) is 4.79 Å². The largest absolute Gasteiger partial charge is 0.397 e. The van der Waals surface area contributed by atoms with Crippen molar-refractivity contribution < 1.29 is 4.79 Å². The van der Waals surface area contributed by atoms with Gasteiger partial charge in [0.25, 0.3) is 0 Å². The zero-order valence-electron chi connectivity index (χ0n) is 13.2. The van der Waals surface area contributed by atoms with E-state index in [4.69, 9.17) is 5.73 Å². The average Bonchev–Trinajstić information content (AvgIpc) is 2.43. The van der Waals surface area contributed by atoms with Crippen LogP contribution < -0.4 is 11.1 Å². The summed E-state index contributed by atoms with van der Waals surface area (Å²) in [4.78, 5) is 16.7. The lowest BCUT2D eigenvalue weighted by Gasteiger charge is -2.34. The van der Waals surface area contributed by atoms with Crippen molar-refractivity contribution >= 4 is 17.3 Å². The fourth-order valence-electron chi connectivity index (χ4n) is 2.84. The lowest BCUT2D eigenvalue weighted by molar-refractivity contribution is -0.117. The first-order valence-corrected chi connectivity index (χ1v) is 7.51. The van der Waals surface area contributed by atoms with Crippen LogP contribution in [0.25, 0.3) is 0 Å². The highest BCUT2D eigenvalue weighted by molar-refractivity contribution is 5.96. The standard InChI is InChI=1S/C16H26N4O/c1-12-5-4-6-14(17)16(12)18-15(21)11-20-9-7-13(8-10-20)19(2)3/h4-6,13H,7-11,17H2,1-3H3,(H,18,21). The first kappa shape index (κ1) is 15.8. The molecule has 1 aromatic carbocycles. The van der Waals surface area contributed by atoms with E-state index in [-0.39, 0.29) is 5.91 Å². The Labute approximate surface area is 127 Å². The third-order valence-electron chi connectivity index (χ3n) is 4.22. The highest BCUT2D eigenvalue weighted by atomic mass is 16.2. The van der Waals surface area contributed by atoms with Crippen molar-refractivity contribution in [3.8, 4) is 0 Å². The molecule has 0 saturated carbocycles. The molecule has 0 aromatic heterocycles. The molecule has 0 atom stereocenters. The van der Waals surface area contributed by atoms with Gasteiger partial charge in [-0.05, 0) is 45.5 Å². The highest BCUT2D eigenvalue weighted by Gasteiger charge is 2.22. The van der Waals surface area contributed by atoms with Crippen molar-refractivity contribution in [1.29, 1.82) is 0 Å². The van der Waals surface area contributed by atoms with E-state index in [1.807, 2.05) is 25.1 Å². The van der Waals surface area contributed by atoms with Crippen LogP contribution in [0.4, 0.5) is 11.4 Å². The number of anilines is 2. The summed E-state index contributed by atoms with van der Waals surface area (Å²) in [5.41, 5.74) is 8.28. The predicted molar refractivity (Wildman–Crippen MR) is 87.4 cm³/mol. The van der Waals surface area contributed by atoms with Gasteiger partial charge in [-0.25, -0.2) is 0 Å². The lowest BCUT2D eigenvalue weighted by Crippen LogP contribution is -2.44. The fraction of sp³-hybridized carbons (Fsp3) is 0.562. The van der Waals surface area contributed by atoms with Crippen LogP contribution in [0.2, 0.25) is 0 Å². The van der Waals surface area contributed by atoms with Gasteiger partial charge in [0, 0.05) is 19.1 Å². The summed E-state index contributed by atoms with van der Waals surface area (Å²) in [7, 11) is 4.24. The van der Waals surface area contributed by atoms with Gasteiger partial charge >= 0.3 is 0 Å². The molecule has 21 heavy (non-hydrogen) atoms. The van der Waals surface area contributed by atoms with E-state index in [2.05, 4.69) is 29.2 Å². The Hall–Kier alpha value is -1.59. The lowest BCUT2D eigenvalue weighted by atomic mass is 10.0. The van der Waals surface area contributed by atoms with Gasteiger partial charge in [0.1, 0.15) is 0 Å². The summed E-state index contributed by atoms with van der Waals surface area (Å²) in [5, 5.41) is 2.94. The third-order valence-corrected chi connectivity index (χ3v) is 4.22. The number of nitrogens with one attached hydrogen (secondary N) is 1. The SMILES string of the molecule is Cc1cccc(N)c1NC(=O)CN1CCC(N(C)C)CC1. The van der Waals surface area contributed by atoms with Crippen molar-refractivity contribution in [2.75, 3.05) is 44.8 Å². The third kappa shape index (κ3) is 4.19. The number of para-hydroxylation sites is 1. The van der Waals surface area contributed by atoms with Crippen LogP contribution in [0.5, 0.6) is 0 Å². The molecule has 5 nitrogen and oxygen atoms in total. The summed E-state index contributed by atoms with van der Waals surface area (Å²) in [6.45, 7) is 4.33. The Morgan fingerprint density at radius 2 is 2.05 bits per heavy atom. The molecule has 1 aromatic rings. The molecule has 0 bridgehead atoms. The molecular formula is C16H26N4O. The van der Waals surface area contributed by atoms with Crippen LogP contribution >= 0.6 is 0 Å². The second-order valence-electron chi connectivity index (χ2n) is 6.06. The Kier molecular flexibility index (Phi) is 5.20. The Balaban J connectivity index is 1.86. The summed E-state index contributed by atoms with van der Waals surface area (Å²) in [6, 6.07) is 6.29. The van der Waals surface area contributed by atoms with Gasteiger partial charge in [0.05, 0.1) is 17.9 Å². The number of hydrogen-bond acceptors (Lipinski definition) is 4. The van der Waals surface area contributed by atoms with Gasteiger partial charge in [-0.2, -0.15) is 0 Å². The first-order chi connectivity index (χ1) is 9.97. The molecule has 1 aliphatic heterocycles. The number of hydrogen-bond donors (Lipinski definition) is 2. The maximum atomic E-state index is 12.2. The number of amides is 1.